The molecule has 3 heterocycles. The lowest BCUT2D eigenvalue weighted by Crippen LogP contribution is -2.42. The van der Waals surface area contributed by atoms with E-state index in [1.807, 2.05) is 5.41 Å². The third-order valence-corrected chi connectivity index (χ3v) is 10.5. The lowest BCUT2D eigenvalue weighted by atomic mass is 9.86. The molecule has 1 amide bonds. The highest BCUT2D eigenvalue weighted by Crippen LogP contribution is 2.52. The van der Waals surface area contributed by atoms with E-state index in [-0.39, 0.29) is 31.2 Å². The molecule has 202 valence electrons. The van der Waals surface area contributed by atoms with Crippen LogP contribution in [0.25, 0.3) is 0 Å². The van der Waals surface area contributed by atoms with Gasteiger partial charge in [0.05, 0.1) is 18.0 Å². The van der Waals surface area contributed by atoms with Crippen molar-refractivity contribution in [2.75, 3.05) is 12.4 Å². The molecule has 5 rings (SSSR count). The topological polar surface area (TPSA) is 80.2 Å². The van der Waals surface area contributed by atoms with Crippen molar-refractivity contribution in [3.8, 4) is 0 Å². The number of carbonyl (C=O) groups is 1. The number of aliphatic hydroxyl groups is 1. The second kappa shape index (κ2) is 10.3. The number of hydrogen-bond acceptors (Lipinski definition) is 6. The van der Waals surface area contributed by atoms with E-state index in [1.165, 1.54) is 18.2 Å². The molecule has 2 aromatic carbocycles. The zero-order valence-corrected chi connectivity index (χ0v) is 22.9. The van der Waals surface area contributed by atoms with Crippen LogP contribution in [-0.2, 0) is 15.2 Å². The Kier molecular flexibility index (Phi) is 7.42. The molecule has 38 heavy (non-hydrogen) atoms. The normalized spacial score (nSPS) is 26.0. The maximum atomic E-state index is 14.3. The van der Waals surface area contributed by atoms with Gasteiger partial charge >= 0.3 is 6.18 Å². The number of amides is 1. The van der Waals surface area contributed by atoms with Gasteiger partial charge in [0.1, 0.15) is 4.77 Å². The van der Waals surface area contributed by atoms with Crippen molar-refractivity contribution in [1.82, 2.24) is 5.32 Å². The molecule has 0 aliphatic carbocycles. The maximum Gasteiger partial charge on any atom is 0.435 e. The fourth-order valence-electron chi connectivity index (χ4n) is 4.35. The third kappa shape index (κ3) is 5.02. The van der Waals surface area contributed by atoms with E-state index in [2.05, 4.69) is 10.5 Å². The number of hydrogen-bond donors (Lipinski definition) is 3. The number of nitrogens with zero attached hydrogens (tertiary/aromatic N) is 1. The first-order valence-electron chi connectivity index (χ1n) is 11.3. The van der Waals surface area contributed by atoms with Gasteiger partial charge < -0.3 is 20.0 Å². The van der Waals surface area contributed by atoms with E-state index in [9.17, 15) is 23.1 Å². The Balaban J connectivity index is 1.35. The summed E-state index contributed by atoms with van der Waals surface area (Å²) in [4.78, 5) is 18.0. The zero-order valence-electron chi connectivity index (χ0n) is 19.7. The van der Waals surface area contributed by atoms with Crippen LogP contribution >= 0.6 is 45.9 Å². The van der Waals surface area contributed by atoms with Gasteiger partial charge in [0.15, 0.2) is 5.09 Å². The van der Waals surface area contributed by atoms with E-state index in [0.717, 1.165) is 17.9 Å². The molecule has 3 unspecified atom stereocenters. The average molecular weight is 605 g/mol. The van der Waals surface area contributed by atoms with Crippen LogP contribution in [0.5, 0.6) is 0 Å². The summed E-state index contributed by atoms with van der Waals surface area (Å²) in [5.74, 6) is 0.394. The Morgan fingerprint density at radius 3 is 2.61 bits per heavy atom. The number of benzene rings is 2. The number of thiol groups is 1. The van der Waals surface area contributed by atoms with Crippen molar-refractivity contribution in [1.29, 1.82) is 0 Å². The molecule has 3 atom stereocenters. The number of aryl methyl sites for hydroxylation is 1. The molecule has 6 nitrogen and oxygen atoms in total. The summed E-state index contributed by atoms with van der Waals surface area (Å²) in [5.41, 5.74) is -1.45. The van der Waals surface area contributed by atoms with Crippen LogP contribution in [0.15, 0.2) is 63.8 Å². The van der Waals surface area contributed by atoms with Crippen LogP contribution in [0, 0.1) is 6.92 Å². The second-order valence-electron chi connectivity index (χ2n) is 8.78. The summed E-state index contributed by atoms with van der Waals surface area (Å²) < 4.78 is 48.3. The molecule has 2 aromatic rings. The lowest BCUT2D eigenvalue weighted by molar-refractivity contribution is -0.275. The molecule has 3 aliphatic rings. The molecule has 0 aromatic heterocycles. The van der Waals surface area contributed by atoms with Crippen molar-refractivity contribution in [2.45, 2.75) is 29.9 Å². The number of halogens is 5. The molecule has 1 fully saturated rings. The van der Waals surface area contributed by atoms with Gasteiger partial charge in [-0.3, -0.25) is 4.79 Å². The van der Waals surface area contributed by atoms with Crippen molar-refractivity contribution in [3.63, 3.8) is 0 Å². The summed E-state index contributed by atoms with van der Waals surface area (Å²) in [6.07, 6.45) is -3.75. The van der Waals surface area contributed by atoms with E-state index in [4.69, 9.17) is 32.8 Å². The molecule has 0 bridgehead atoms. The highest BCUT2D eigenvalue weighted by atomic mass is 35.5. The number of ether oxygens (including phenoxy) is 1. The Hall–Kier alpha value is -2.31. The number of carbonyl (C=O) groups excluding carboxylic acids is 1. The van der Waals surface area contributed by atoms with Crippen molar-refractivity contribution < 1.29 is 32.6 Å². The number of nitrogens with one attached hydrogen (secondary N) is 1. The smallest absolute Gasteiger partial charge is 0.435 e. The van der Waals surface area contributed by atoms with Crippen LogP contribution in [0.4, 0.5) is 13.2 Å². The Morgan fingerprint density at radius 2 is 1.97 bits per heavy atom. The van der Waals surface area contributed by atoms with Gasteiger partial charge in [0.2, 0.25) is 0 Å². The molecule has 0 spiro atoms. The molecule has 13 heteroatoms. The SMILES string of the molecule is Cc1cc(C2=NOC(c3cc(Cl)cc(Cl)c3)(C(F)(F)F)C2)ccc1C(=O)NC1=C(O)[SH](C2OCCS2)C=C1. The van der Waals surface area contributed by atoms with Gasteiger partial charge in [-0.05, 0) is 59.9 Å². The van der Waals surface area contributed by atoms with E-state index >= 15 is 0 Å². The number of thioether (sulfide) groups is 1. The van der Waals surface area contributed by atoms with Crippen molar-refractivity contribution in [2.24, 2.45) is 5.16 Å². The zero-order chi connectivity index (χ0) is 27.2. The summed E-state index contributed by atoms with van der Waals surface area (Å²) in [6.45, 7) is 2.28. The quantitative estimate of drug-likeness (QED) is 0.323. The standard InChI is InChI=1S/C25H21Cl2F3N2O4S2/c1-13-8-14(20-12-24(36-32-20,25(28,29)30)15-9-16(26)11-17(27)10-15)2-3-18(13)21(33)31-19-4-7-38(22(19)34)23-35-5-6-37-23/h2-4,7-11,23,34,38H,5-6,12H2,1H3,(H,31,33). The fraction of sp³-hybridized carbons (Fsp3) is 0.280. The molecular weight excluding hydrogens is 584 g/mol. The number of oxime groups is 1. The first-order valence-corrected chi connectivity index (χ1v) is 14.6. The van der Waals surface area contributed by atoms with Crippen molar-refractivity contribution >= 4 is 57.5 Å². The first kappa shape index (κ1) is 27.3. The number of rotatable bonds is 5. The van der Waals surface area contributed by atoms with Gasteiger partial charge in [0.25, 0.3) is 11.5 Å². The monoisotopic (exact) mass is 604 g/mol. The molecule has 0 saturated carbocycles. The first-order chi connectivity index (χ1) is 18.0. The van der Waals surface area contributed by atoms with Crippen LogP contribution in [0.1, 0.15) is 33.5 Å². The van der Waals surface area contributed by atoms with E-state index < -0.39 is 35.0 Å². The van der Waals surface area contributed by atoms with E-state index in [0.29, 0.717) is 29.0 Å². The second-order valence-corrected chi connectivity index (χ2v) is 13.2. The third-order valence-electron chi connectivity index (χ3n) is 6.29. The predicted octanol–water partition coefficient (Wildman–Crippen LogP) is 6.92. The van der Waals surface area contributed by atoms with Gasteiger partial charge in [-0.1, -0.05) is 34.4 Å². The molecule has 3 aliphatic heterocycles. The minimum Gasteiger partial charge on any atom is -0.502 e. The summed E-state index contributed by atoms with van der Waals surface area (Å²) in [6, 6.07) is 8.23. The van der Waals surface area contributed by atoms with Gasteiger partial charge in [-0.25, -0.2) is 0 Å². The number of allylic oxidation sites excluding steroid dienone is 1. The summed E-state index contributed by atoms with van der Waals surface area (Å²) in [5, 5.41) is 19.1. The highest BCUT2D eigenvalue weighted by molar-refractivity contribution is 8.31. The summed E-state index contributed by atoms with van der Waals surface area (Å²) in [7, 11) is -1.07. The molecule has 2 N–H and O–H groups in total. The minimum atomic E-state index is -4.81. The average Bonchev–Trinajstić information content (AvgIpc) is 3.59. The molecular formula is C25H21Cl2F3N2O4S2. The van der Waals surface area contributed by atoms with E-state index in [1.54, 1.807) is 30.8 Å². The number of alkyl halides is 3. The van der Waals surface area contributed by atoms with Crippen LogP contribution < -0.4 is 5.32 Å². The van der Waals surface area contributed by atoms with Gasteiger partial charge in [-0.2, -0.15) is 13.2 Å². The number of aliphatic hydroxyl groups excluding tert-OH is 1. The largest absolute Gasteiger partial charge is 0.502 e. The predicted molar refractivity (Wildman–Crippen MR) is 145 cm³/mol. The Bertz CT molecular complexity index is 1370. The van der Waals surface area contributed by atoms with Crippen LogP contribution in [0.3, 0.4) is 0 Å². The summed E-state index contributed by atoms with van der Waals surface area (Å²) >= 11 is 13.5. The Morgan fingerprint density at radius 1 is 1.24 bits per heavy atom. The maximum absolute atomic E-state index is 14.3. The lowest BCUT2D eigenvalue weighted by Gasteiger charge is -2.29. The van der Waals surface area contributed by atoms with Crippen LogP contribution in [0.2, 0.25) is 10.0 Å². The Labute approximate surface area is 233 Å². The highest BCUT2D eigenvalue weighted by Gasteiger charge is 2.62. The van der Waals surface area contributed by atoms with Gasteiger partial charge in [-0.15, -0.1) is 22.7 Å². The molecule has 1 saturated heterocycles. The van der Waals surface area contributed by atoms with Crippen LogP contribution in [-0.4, -0.2) is 40.0 Å². The fourth-order valence-corrected chi connectivity index (χ4v) is 8.39. The molecule has 0 radical (unpaired) electrons. The minimum absolute atomic E-state index is 0.0414. The van der Waals surface area contributed by atoms with Gasteiger partial charge in [0, 0.05) is 33.3 Å². The van der Waals surface area contributed by atoms with Crippen molar-refractivity contribution in [3.05, 3.63) is 91.0 Å².